The van der Waals surface area contributed by atoms with Gasteiger partial charge in [-0.05, 0) is 24.0 Å². The minimum absolute atomic E-state index is 0.195. The first kappa shape index (κ1) is 15.0. The van der Waals surface area contributed by atoms with Crippen molar-refractivity contribution in [3.8, 4) is 0 Å². The molecule has 0 amide bonds. The molecule has 1 heterocycles. The lowest BCUT2D eigenvalue weighted by Crippen LogP contribution is -2.50. The number of sulfonamides is 1. The summed E-state index contributed by atoms with van der Waals surface area (Å²) in [4.78, 5) is 2.30. The average molecular weight is 310 g/mol. The van der Waals surface area contributed by atoms with Gasteiger partial charge in [-0.3, -0.25) is 4.90 Å². The van der Waals surface area contributed by atoms with E-state index in [4.69, 9.17) is 4.74 Å². The van der Waals surface area contributed by atoms with Crippen molar-refractivity contribution in [2.24, 2.45) is 0 Å². The third-order valence-corrected chi connectivity index (χ3v) is 5.09. The van der Waals surface area contributed by atoms with E-state index in [0.717, 1.165) is 32.5 Å². The van der Waals surface area contributed by atoms with Crippen molar-refractivity contribution < 1.29 is 13.2 Å². The molecule has 1 saturated heterocycles. The molecule has 1 aromatic rings. The van der Waals surface area contributed by atoms with E-state index in [-0.39, 0.29) is 5.60 Å². The van der Waals surface area contributed by atoms with Crippen LogP contribution in [0, 0.1) is 0 Å². The molecule has 1 atom stereocenters. The topological polar surface area (TPSA) is 58.6 Å². The minimum atomic E-state index is -3.11. The molecule has 0 saturated carbocycles. The van der Waals surface area contributed by atoms with E-state index >= 15 is 0 Å². The predicted octanol–water partition coefficient (Wildman–Crippen LogP) is 0.710. The molecule has 3 rings (SSSR count). The fourth-order valence-corrected chi connectivity index (χ4v) is 3.87. The van der Waals surface area contributed by atoms with Crippen molar-refractivity contribution >= 4 is 10.0 Å². The highest BCUT2D eigenvalue weighted by atomic mass is 32.2. The molecular weight excluding hydrogens is 288 g/mol. The summed E-state index contributed by atoms with van der Waals surface area (Å²) in [5.74, 6) is 0. The number of morpholine rings is 1. The Morgan fingerprint density at radius 1 is 1.38 bits per heavy atom. The van der Waals surface area contributed by atoms with Gasteiger partial charge in [0.15, 0.2) is 0 Å². The van der Waals surface area contributed by atoms with E-state index in [9.17, 15) is 8.42 Å². The maximum Gasteiger partial charge on any atom is 0.208 e. The van der Waals surface area contributed by atoms with E-state index in [2.05, 4.69) is 33.9 Å². The number of rotatable bonds is 4. The van der Waals surface area contributed by atoms with E-state index in [1.165, 1.54) is 17.4 Å². The standard InChI is InChI=1S/C15H22N2O3S/c1-21(18,19)16-8-9-17-10-11-20-15(12-17)7-6-13-4-2-3-5-14(13)15/h2-5,16H,6-12H2,1H3/t15-/m0/s1. The van der Waals surface area contributed by atoms with Crippen LogP contribution < -0.4 is 4.72 Å². The summed E-state index contributed by atoms with van der Waals surface area (Å²) in [5.41, 5.74) is 2.50. The maximum atomic E-state index is 11.1. The van der Waals surface area contributed by atoms with Crippen LogP contribution in [0.2, 0.25) is 0 Å². The summed E-state index contributed by atoms with van der Waals surface area (Å²) in [6.07, 6.45) is 3.27. The van der Waals surface area contributed by atoms with Gasteiger partial charge in [-0.25, -0.2) is 13.1 Å². The summed E-state index contributed by atoms with van der Waals surface area (Å²) in [6, 6.07) is 8.49. The van der Waals surface area contributed by atoms with Gasteiger partial charge in [0.25, 0.3) is 0 Å². The Bertz CT molecular complexity index is 613. The van der Waals surface area contributed by atoms with Crippen molar-refractivity contribution in [3.63, 3.8) is 0 Å². The van der Waals surface area contributed by atoms with Gasteiger partial charge in [0, 0.05) is 26.2 Å². The molecule has 0 radical (unpaired) electrons. The van der Waals surface area contributed by atoms with Crippen molar-refractivity contribution in [2.75, 3.05) is 39.0 Å². The van der Waals surface area contributed by atoms with Gasteiger partial charge in [0.05, 0.1) is 12.9 Å². The average Bonchev–Trinajstić information content (AvgIpc) is 2.77. The molecular formula is C15H22N2O3S. The van der Waals surface area contributed by atoms with Gasteiger partial charge in [-0.15, -0.1) is 0 Å². The number of hydrogen-bond donors (Lipinski definition) is 1. The number of nitrogens with one attached hydrogen (secondary N) is 1. The van der Waals surface area contributed by atoms with Crippen LogP contribution in [0.25, 0.3) is 0 Å². The second-order valence-electron chi connectivity index (χ2n) is 5.94. The van der Waals surface area contributed by atoms with E-state index < -0.39 is 10.0 Å². The lowest BCUT2D eigenvalue weighted by atomic mass is 9.93. The normalized spacial score (nSPS) is 26.1. The Labute approximate surface area is 126 Å². The molecule has 1 spiro atoms. The quantitative estimate of drug-likeness (QED) is 0.890. The summed E-state index contributed by atoms with van der Waals surface area (Å²) < 4.78 is 31.0. The molecule has 116 valence electrons. The number of nitrogens with zero attached hydrogens (tertiary/aromatic N) is 1. The zero-order valence-corrected chi connectivity index (χ0v) is 13.2. The number of ether oxygens (including phenoxy) is 1. The van der Waals surface area contributed by atoms with Crippen LogP contribution in [0.15, 0.2) is 24.3 Å². The van der Waals surface area contributed by atoms with Gasteiger partial charge in [0.2, 0.25) is 10.0 Å². The van der Waals surface area contributed by atoms with Crippen molar-refractivity contribution in [1.29, 1.82) is 0 Å². The van der Waals surface area contributed by atoms with Crippen LogP contribution in [-0.2, 0) is 26.8 Å². The fraction of sp³-hybridized carbons (Fsp3) is 0.600. The molecule has 21 heavy (non-hydrogen) atoms. The Morgan fingerprint density at radius 2 is 2.19 bits per heavy atom. The lowest BCUT2D eigenvalue weighted by Gasteiger charge is -2.41. The molecule has 0 unspecified atom stereocenters. The first-order chi connectivity index (χ1) is 9.99. The lowest BCUT2D eigenvalue weighted by molar-refractivity contribution is -0.113. The Kier molecular flexibility index (Phi) is 4.05. The van der Waals surface area contributed by atoms with Crippen molar-refractivity contribution in [1.82, 2.24) is 9.62 Å². The molecule has 6 heteroatoms. The Balaban J connectivity index is 1.67. The maximum absolute atomic E-state index is 11.1. The first-order valence-corrected chi connectivity index (χ1v) is 9.27. The number of aryl methyl sites for hydroxylation is 1. The Hall–Kier alpha value is -0.950. The van der Waals surface area contributed by atoms with Crippen LogP contribution in [0.4, 0.5) is 0 Å². The second kappa shape index (κ2) is 5.68. The fourth-order valence-electron chi connectivity index (χ4n) is 3.40. The highest BCUT2D eigenvalue weighted by molar-refractivity contribution is 7.88. The molecule has 1 aliphatic heterocycles. The van der Waals surface area contributed by atoms with Crippen LogP contribution >= 0.6 is 0 Å². The Morgan fingerprint density at radius 3 is 3.00 bits per heavy atom. The third-order valence-electron chi connectivity index (χ3n) is 4.36. The number of hydrogen-bond acceptors (Lipinski definition) is 4. The monoisotopic (exact) mass is 310 g/mol. The zero-order valence-electron chi connectivity index (χ0n) is 12.3. The van der Waals surface area contributed by atoms with Crippen molar-refractivity contribution in [2.45, 2.75) is 18.4 Å². The minimum Gasteiger partial charge on any atom is -0.368 e. The molecule has 1 aromatic carbocycles. The molecule has 1 fully saturated rings. The van der Waals surface area contributed by atoms with Gasteiger partial charge in [-0.2, -0.15) is 0 Å². The molecule has 2 aliphatic rings. The summed E-state index contributed by atoms with van der Waals surface area (Å²) in [5, 5.41) is 0. The molecule has 0 aromatic heterocycles. The van der Waals surface area contributed by atoms with Gasteiger partial charge >= 0.3 is 0 Å². The highest BCUT2D eigenvalue weighted by Gasteiger charge is 2.42. The van der Waals surface area contributed by atoms with Crippen LogP contribution in [-0.4, -0.2) is 52.4 Å². The SMILES string of the molecule is CS(=O)(=O)NCCN1CCO[C@@]2(CCc3ccccc32)C1. The van der Waals surface area contributed by atoms with Gasteiger partial charge in [0.1, 0.15) is 5.60 Å². The zero-order chi connectivity index (χ0) is 14.9. The van der Waals surface area contributed by atoms with Crippen LogP contribution in [0.1, 0.15) is 17.5 Å². The molecule has 1 aliphatic carbocycles. The predicted molar refractivity (Wildman–Crippen MR) is 81.7 cm³/mol. The van der Waals surface area contributed by atoms with Crippen LogP contribution in [0.5, 0.6) is 0 Å². The summed E-state index contributed by atoms with van der Waals surface area (Å²) in [6.45, 7) is 3.58. The number of benzene rings is 1. The van der Waals surface area contributed by atoms with Crippen LogP contribution in [0.3, 0.4) is 0 Å². The van der Waals surface area contributed by atoms with Gasteiger partial charge in [-0.1, -0.05) is 24.3 Å². The second-order valence-corrected chi connectivity index (χ2v) is 7.78. The summed E-state index contributed by atoms with van der Waals surface area (Å²) >= 11 is 0. The third kappa shape index (κ3) is 3.29. The van der Waals surface area contributed by atoms with Gasteiger partial charge < -0.3 is 4.74 Å². The van der Waals surface area contributed by atoms with E-state index in [1.807, 2.05) is 0 Å². The van der Waals surface area contributed by atoms with E-state index in [0.29, 0.717) is 13.2 Å². The van der Waals surface area contributed by atoms with E-state index in [1.54, 1.807) is 0 Å². The summed E-state index contributed by atoms with van der Waals surface area (Å²) in [7, 11) is -3.11. The number of fused-ring (bicyclic) bond motifs is 2. The smallest absolute Gasteiger partial charge is 0.208 e. The largest absolute Gasteiger partial charge is 0.368 e. The van der Waals surface area contributed by atoms with Crippen molar-refractivity contribution in [3.05, 3.63) is 35.4 Å². The molecule has 0 bridgehead atoms. The highest BCUT2D eigenvalue weighted by Crippen LogP contribution is 2.41. The molecule has 1 N–H and O–H groups in total. The first-order valence-electron chi connectivity index (χ1n) is 7.38. The molecule has 5 nitrogen and oxygen atoms in total.